The highest BCUT2D eigenvalue weighted by Gasteiger charge is 2.26. The predicted molar refractivity (Wildman–Crippen MR) is 85.2 cm³/mol. The molecule has 1 heterocycles. The molecule has 24 heavy (non-hydrogen) atoms. The lowest BCUT2D eigenvalue weighted by atomic mass is 10.1. The zero-order chi connectivity index (χ0) is 17.7. The number of sulfonamides is 1. The van der Waals surface area contributed by atoms with Crippen molar-refractivity contribution in [2.45, 2.75) is 11.8 Å². The number of hydrogen-bond acceptors (Lipinski definition) is 5. The quantitative estimate of drug-likeness (QED) is 0.751. The Morgan fingerprint density at radius 3 is 2.38 bits per heavy atom. The van der Waals surface area contributed by atoms with Gasteiger partial charge in [0, 0.05) is 25.2 Å². The molecular formula is C15H20N2O6S. The maximum absolute atomic E-state index is 12.5. The van der Waals surface area contributed by atoms with Gasteiger partial charge in [-0.3, -0.25) is 9.59 Å². The van der Waals surface area contributed by atoms with Gasteiger partial charge in [0.25, 0.3) is 5.91 Å². The van der Waals surface area contributed by atoms with E-state index in [1.807, 2.05) is 0 Å². The van der Waals surface area contributed by atoms with E-state index >= 15 is 0 Å². The van der Waals surface area contributed by atoms with Gasteiger partial charge in [-0.2, -0.15) is 4.31 Å². The summed E-state index contributed by atoms with van der Waals surface area (Å²) in [6.07, 6.45) is 0. The average Bonchev–Trinajstić information content (AvgIpc) is 2.60. The molecule has 1 aliphatic rings. The molecule has 2 N–H and O–H groups in total. The Morgan fingerprint density at radius 1 is 1.25 bits per heavy atom. The van der Waals surface area contributed by atoms with Crippen molar-refractivity contribution in [1.29, 1.82) is 0 Å². The van der Waals surface area contributed by atoms with Crippen molar-refractivity contribution in [2.75, 3.05) is 32.8 Å². The van der Waals surface area contributed by atoms with E-state index in [1.165, 1.54) is 35.5 Å². The van der Waals surface area contributed by atoms with Gasteiger partial charge in [0.15, 0.2) is 0 Å². The fourth-order valence-electron chi connectivity index (χ4n) is 2.15. The molecule has 1 aromatic rings. The first-order valence-corrected chi connectivity index (χ1v) is 8.95. The molecule has 0 aromatic heterocycles. The highest BCUT2D eigenvalue weighted by atomic mass is 32.2. The Balaban J connectivity index is 2.04. The maximum atomic E-state index is 12.5. The van der Waals surface area contributed by atoms with E-state index < -0.39 is 27.8 Å². The van der Waals surface area contributed by atoms with Crippen LogP contribution in [0, 0.1) is 5.92 Å². The van der Waals surface area contributed by atoms with E-state index in [9.17, 15) is 18.0 Å². The van der Waals surface area contributed by atoms with E-state index in [1.54, 1.807) is 0 Å². The normalized spacial score (nSPS) is 17.2. The monoisotopic (exact) mass is 356 g/mol. The van der Waals surface area contributed by atoms with Crippen LogP contribution in [0.5, 0.6) is 0 Å². The predicted octanol–water partition coefficient (Wildman–Crippen LogP) is 0.158. The van der Waals surface area contributed by atoms with Crippen molar-refractivity contribution in [3.63, 3.8) is 0 Å². The third-order valence-electron chi connectivity index (χ3n) is 3.71. The van der Waals surface area contributed by atoms with Crippen LogP contribution in [0.1, 0.15) is 17.3 Å². The topological polar surface area (TPSA) is 113 Å². The number of nitrogens with zero attached hydrogens (tertiary/aromatic N) is 1. The molecule has 0 spiro atoms. The number of rotatable bonds is 6. The molecule has 9 heteroatoms. The molecule has 0 saturated carbocycles. The van der Waals surface area contributed by atoms with Crippen LogP contribution in [0.15, 0.2) is 29.2 Å². The summed E-state index contributed by atoms with van der Waals surface area (Å²) in [6.45, 7) is 2.82. The first-order valence-electron chi connectivity index (χ1n) is 7.51. The van der Waals surface area contributed by atoms with Crippen LogP contribution < -0.4 is 5.32 Å². The van der Waals surface area contributed by atoms with Crippen LogP contribution in [0.4, 0.5) is 0 Å². The number of benzene rings is 1. The number of hydrogen-bond donors (Lipinski definition) is 2. The Hall–Kier alpha value is -1.97. The highest BCUT2D eigenvalue weighted by Crippen LogP contribution is 2.17. The molecule has 132 valence electrons. The van der Waals surface area contributed by atoms with Gasteiger partial charge in [0.1, 0.15) is 0 Å². The minimum Gasteiger partial charge on any atom is -0.481 e. The standard InChI is InChI=1S/C15H20N2O6S/c1-11(15(19)20)10-16-14(18)12-2-4-13(5-3-12)24(21,22)17-6-8-23-9-7-17/h2-5,11H,6-10H2,1H3,(H,16,18)(H,19,20). The number of aliphatic carboxylic acids is 1. The number of morpholine rings is 1. The summed E-state index contributed by atoms with van der Waals surface area (Å²) >= 11 is 0. The zero-order valence-corrected chi connectivity index (χ0v) is 14.1. The summed E-state index contributed by atoms with van der Waals surface area (Å²) < 4.78 is 31.4. The number of ether oxygens (including phenoxy) is 1. The highest BCUT2D eigenvalue weighted by molar-refractivity contribution is 7.89. The van der Waals surface area contributed by atoms with Crippen molar-refractivity contribution in [2.24, 2.45) is 5.92 Å². The molecule has 1 fully saturated rings. The zero-order valence-electron chi connectivity index (χ0n) is 13.3. The molecule has 2 rings (SSSR count). The molecule has 1 unspecified atom stereocenters. The minimum atomic E-state index is -3.60. The van der Waals surface area contributed by atoms with Crippen molar-refractivity contribution >= 4 is 21.9 Å². The molecule has 1 saturated heterocycles. The fraction of sp³-hybridized carbons (Fsp3) is 0.467. The van der Waals surface area contributed by atoms with Crippen molar-refractivity contribution in [3.05, 3.63) is 29.8 Å². The van der Waals surface area contributed by atoms with Gasteiger partial charge in [-0.1, -0.05) is 6.92 Å². The fourth-order valence-corrected chi connectivity index (χ4v) is 3.56. The van der Waals surface area contributed by atoms with Gasteiger partial charge in [0.05, 0.1) is 24.0 Å². The van der Waals surface area contributed by atoms with Crippen LogP contribution in [-0.4, -0.2) is 62.6 Å². The summed E-state index contributed by atoms with van der Waals surface area (Å²) in [5.74, 6) is -2.14. The van der Waals surface area contributed by atoms with E-state index in [0.717, 1.165) is 0 Å². The van der Waals surface area contributed by atoms with E-state index in [0.29, 0.717) is 26.3 Å². The van der Waals surface area contributed by atoms with Gasteiger partial charge in [-0.15, -0.1) is 0 Å². The number of amides is 1. The second kappa shape index (κ2) is 7.73. The van der Waals surface area contributed by atoms with Crippen molar-refractivity contribution in [1.82, 2.24) is 9.62 Å². The number of nitrogens with one attached hydrogen (secondary N) is 1. The van der Waals surface area contributed by atoms with E-state index in [-0.39, 0.29) is 17.0 Å². The van der Waals surface area contributed by atoms with Crippen molar-refractivity contribution in [3.8, 4) is 0 Å². The molecule has 1 aromatic carbocycles. The Morgan fingerprint density at radius 2 is 1.83 bits per heavy atom. The lowest BCUT2D eigenvalue weighted by molar-refractivity contribution is -0.140. The third-order valence-corrected chi connectivity index (χ3v) is 5.63. The van der Waals surface area contributed by atoms with Gasteiger partial charge in [0.2, 0.25) is 10.0 Å². The minimum absolute atomic E-state index is 0.00198. The number of carboxylic acid groups (broad SMARTS) is 1. The van der Waals surface area contributed by atoms with E-state index in [2.05, 4.69) is 5.32 Å². The van der Waals surface area contributed by atoms with Crippen LogP contribution in [0.25, 0.3) is 0 Å². The lowest BCUT2D eigenvalue weighted by Crippen LogP contribution is -2.40. The molecule has 8 nitrogen and oxygen atoms in total. The SMILES string of the molecule is CC(CNC(=O)c1ccc(S(=O)(=O)N2CCOCC2)cc1)C(=O)O. The Labute approximate surface area is 140 Å². The van der Waals surface area contributed by atoms with Crippen LogP contribution in [0.2, 0.25) is 0 Å². The summed E-state index contributed by atoms with van der Waals surface area (Å²) in [6, 6.07) is 5.57. The van der Waals surface area contributed by atoms with Crippen molar-refractivity contribution < 1.29 is 27.9 Å². The second-order valence-corrected chi connectivity index (χ2v) is 7.43. The number of carboxylic acids is 1. The number of carbonyl (C=O) groups excluding carboxylic acids is 1. The molecule has 0 aliphatic carbocycles. The summed E-state index contributed by atoms with van der Waals surface area (Å²) in [5.41, 5.74) is 0.272. The van der Waals surface area contributed by atoms with Gasteiger partial charge < -0.3 is 15.2 Å². The molecule has 0 radical (unpaired) electrons. The number of carbonyl (C=O) groups is 2. The molecule has 1 aliphatic heterocycles. The van der Waals surface area contributed by atoms with Crippen LogP contribution >= 0.6 is 0 Å². The van der Waals surface area contributed by atoms with E-state index in [4.69, 9.17) is 9.84 Å². The summed E-state index contributed by atoms with van der Waals surface area (Å²) in [4.78, 5) is 22.8. The molecule has 1 amide bonds. The Kier molecular flexibility index (Phi) is 5.92. The largest absolute Gasteiger partial charge is 0.481 e. The average molecular weight is 356 g/mol. The van der Waals surface area contributed by atoms with Crippen LogP contribution in [-0.2, 0) is 19.6 Å². The molecule has 0 bridgehead atoms. The van der Waals surface area contributed by atoms with Crippen LogP contribution in [0.3, 0.4) is 0 Å². The summed E-state index contributed by atoms with van der Waals surface area (Å²) in [7, 11) is -3.60. The maximum Gasteiger partial charge on any atom is 0.308 e. The molecular weight excluding hydrogens is 336 g/mol. The molecule has 1 atom stereocenters. The third kappa shape index (κ3) is 4.31. The first kappa shape index (κ1) is 18.4. The smallest absolute Gasteiger partial charge is 0.308 e. The first-order chi connectivity index (χ1) is 11.3. The van der Waals surface area contributed by atoms with Gasteiger partial charge in [-0.05, 0) is 24.3 Å². The lowest BCUT2D eigenvalue weighted by Gasteiger charge is -2.26. The Bertz CT molecular complexity index is 695. The van der Waals surface area contributed by atoms with Gasteiger partial charge in [-0.25, -0.2) is 8.42 Å². The summed E-state index contributed by atoms with van der Waals surface area (Å²) in [5, 5.41) is 11.3. The second-order valence-electron chi connectivity index (χ2n) is 5.49. The van der Waals surface area contributed by atoms with Gasteiger partial charge >= 0.3 is 5.97 Å².